The Kier molecular flexibility index (Phi) is 3.50. The molecule has 0 amide bonds. The summed E-state index contributed by atoms with van der Waals surface area (Å²) in [6, 6.07) is 1.27. The maximum atomic E-state index is 13.1. The lowest BCUT2D eigenvalue weighted by Gasteiger charge is -2.38. The normalized spacial score (nSPS) is 24.1. The Hall–Kier alpha value is -1.65. The van der Waals surface area contributed by atoms with Crippen LogP contribution in [0.2, 0.25) is 0 Å². The third kappa shape index (κ3) is 2.44. The number of piperidine rings is 1. The van der Waals surface area contributed by atoms with E-state index in [1.807, 2.05) is 11.8 Å². The molecule has 0 saturated carbocycles. The summed E-state index contributed by atoms with van der Waals surface area (Å²) in [5, 5.41) is 9.14. The molecule has 1 fully saturated rings. The number of pyridine rings is 1. The fourth-order valence-electron chi connectivity index (χ4n) is 2.40. The molecule has 2 heterocycles. The number of nitrogens with zero attached hydrogens (tertiary/aromatic N) is 2. The Morgan fingerprint density at radius 2 is 2.22 bits per heavy atom. The largest absolute Gasteiger partial charge is 0.478 e. The molecule has 98 valence electrons. The summed E-state index contributed by atoms with van der Waals surface area (Å²) in [6.07, 6.45) is 3.20. The van der Waals surface area contributed by atoms with Crippen LogP contribution in [0.25, 0.3) is 0 Å². The molecular formula is C13H17FN2O2. The van der Waals surface area contributed by atoms with Crippen molar-refractivity contribution in [1.29, 1.82) is 0 Å². The molecular weight excluding hydrogens is 235 g/mol. The third-order valence-electron chi connectivity index (χ3n) is 3.45. The zero-order valence-corrected chi connectivity index (χ0v) is 10.6. The van der Waals surface area contributed by atoms with Crippen LogP contribution < -0.4 is 4.90 Å². The maximum absolute atomic E-state index is 13.1. The SMILES string of the molecule is CC1CCC(C)N(c2ncc(F)cc2C(=O)O)C1. The van der Waals surface area contributed by atoms with Crippen molar-refractivity contribution < 1.29 is 14.3 Å². The molecule has 2 rings (SSSR count). The number of carbonyl (C=O) groups is 1. The van der Waals surface area contributed by atoms with Gasteiger partial charge >= 0.3 is 5.97 Å². The first kappa shape index (κ1) is 12.8. The first-order valence-corrected chi connectivity index (χ1v) is 6.14. The van der Waals surface area contributed by atoms with Crippen LogP contribution in [0.1, 0.15) is 37.0 Å². The Labute approximate surface area is 105 Å². The van der Waals surface area contributed by atoms with Gasteiger partial charge in [0.05, 0.1) is 6.20 Å². The van der Waals surface area contributed by atoms with Gasteiger partial charge in [0, 0.05) is 12.6 Å². The van der Waals surface area contributed by atoms with Gasteiger partial charge in [0.2, 0.25) is 0 Å². The Bertz CT molecular complexity index is 464. The molecule has 0 spiro atoms. The minimum absolute atomic E-state index is 0.0593. The van der Waals surface area contributed by atoms with Crippen molar-refractivity contribution in [3.63, 3.8) is 0 Å². The number of aromatic carboxylic acids is 1. The molecule has 18 heavy (non-hydrogen) atoms. The van der Waals surface area contributed by atoms with Gasteiger partial charge in [-0.1, -0.05) is 6.92 Å². The Morgan fingerprint density at radius 3 is 2.89 bits per heavy atom. The van der Waals surface area contributed by atoms with Crippen molar-refractivity contribution in [1.82, 2.24) is 4.98 Å². The van der Waals surface area contributed by atoms with E-state index in [-0.39, 0.29) is 11.6 Å². The number of carboxylic acids is 1. The van der Waals surface area contributed by atoms with Crippen LogP contribution in [0.5, 0.6) is 0 Å². The van der Waals surface area contributed by atoms with Gasteiger partial charge in [-0.15, -0.1) is 0 Å². The molecule has 2 unspecified atom stereocenters. The lowest BCUT2D eigenvalue weighted by Crippen LogP contribution is -2.42. The first-order valence-electron chi connectivity index (χ1n) is 6.14. The highest BCUT2D eigenvalue weighted by atomic mass is 19.1. The van der Waals surface area contributed by atoms with Crippen molar-refractivity contribution in [2.24, 2.45) is 5.92 Å². The number of carboxylic acid groups (broad SMARTS) is 1. The summed E-state index contributed by atoms with van der Waals surface area (Å²) in [6.45, 7) is 4.94. The molecule has 4 nitrogen and oxygen atoms in total. The van der Waals surface area contributed by atoms with E-state index < -0.39 is 11.8 Å². The van der Waals surface area contributed by atoms with Crippen LogP contribution >= 0.6 is 0 Å². The zero-order chi connectivity index (χ0) is 13.3. The molecule has 5 heteroatoms. The van der Waals surface area contributed by atoms with Gasteiger partial charge in [-0.2, -0.15) is 0 Å². The molecule has 1 aliphatic rings. The first-order chi connectivity index (χ1) is 8.49. The average molecular weight is 252 g/mol. The summed E-state index contributed by atoms with van der Waals surface area (Å²) >= 11 is 0. The summed E-state index contributed by atoms with van der Waals surface area (Å²) in [5.74, 6) is -0.881. The summed E-state index contributed by atoms with van der Waals surface area (Å²) < 4.78 is 13.1. The van der Waals surface area contributed by atoms with Gasteiger partial charge in [0.25, 0.3) is 0 Å². The fraction of sp³-hybridized carbons (Fsp3) is 0.538. The summed E-state index contributed by atoms with van der Waals surface area (Å²) in [5.41, 5.74) is -0.0593. The molecule has 1 aromatic rings. The predicted molar refractivity (Wildman–Crippen MR) is 66.4 cm³/mol. The van der Waals surface area contributed by atoms with Crippen LogP contribution in [-0.4, -0.2) is 28.6 Å². The lowest BCUT2D eigenvalue weighted by atomic mass is 9.94. The maximum Gasteiger partial charge on any atom is 0.339 e. The number of anilines is 1. The summed E-state index contributed by atoms with van der Waals surface area (Å²) in [7, 11) is 0. The van der Waals surface area contributed by atoms with Crippen molar-refractivity contribution >= 4 is 11.8 Å². The standard InChI is InChI=1S/C13H17FN2O2/c1-8-3-4-9(2)16(7-8)12-11(13(17)18)5-10(14)6-15-12/h5-6,8-9H,3-4,7H2,1-2H3,(H,17,18). The van der Waals surface area contributed by atoms with E-state index in [0.717, 1.165) is 31.6 Å². The topological polar surface area (TPSA) is 53.4 Å². The number of aromatic nitrogens is 1. The van der Waals surface area contributed by atoms with E-state index in [9.17, 15) is 9.18 Å². The predicted octanol–water partition coefficient (Wildman–Crippen LogP) is 2.54. The van der Waals surface area contributed by atoms with Crippen molar-refractivity contribution in [2.75, 3.05) is 11.4 Å². The van der Waals surface area contributed by atoms with Crippen LogP contribution in [0.15, 0.2) is 12.3 Å². The van der Waals surface area contributed by atoms with E-state index in [0.29, 0.717) is 11.7 Å². The highest BCUT2D eigenvalue weighted by Crippen LogP contribution is 2.28. The quantitative estimate of drug-likeness (QED) is 0.878. The minimum atomic E-state index is -1.14. The van der Waals surface area contributed by atoms with E-state index in [1.165, 1.54) is 0 Å². The lowest BCUT2D eigenvalue weighted by molar-refractivity contribution is 0.0696. The second-order valence-electron chi connectivity index (χ2n) is 5.01. The number of hydrogen-bond donors (Lipinski definition) is 1. The van der Waals surface area contributed by atoms with Crippen LogP contribution in [-0.2, 0) is 0 Å². The molecule has 1 aromatic heterocycles. The van der Waals surface area contributed by atoms with Crippen molar-refractivity contribution in [3.8, 4) is 0 Å². The molecule has 1 saturated heterocycles. The van der Waals surface area contributed by atoms with E-state index in [2.05, 4.69) is 11.9 Å². The molecule has 0 aliphatic carbocycles. The van der Waals surface area contributed by atoms with Gasteiger partial charge in [0.1, 0.15) is 17.2 Å². The van der Waals surface area contributed by atoms with Gasteiger partial charge < -0.3 is 10.0 Å². The van der Waals surface area contributed by atoms with E-state index in [4.69, 9.17) is 5.11 Å². The third-order valence-corrected chi connectivity index (χ3v) is 3.45. The molecule has 0 aromatic carbocycles. The second-order valence-corrected chi connectivity index (χ2v) is 5.01. The van der Waals surface area contributed by atoms with E-state index in [1.54, 1.807) is 0 Å². The van der Waals surface area contributed by atoms with Crippen LogP contribution in [0.4, 0.5) is 10.2 Å². The second kappa shape index (κ2) is 4.92. The minimum Gasteiger partial charge on any atom is -0.478 e. The van der Waals surface area contributed by atoms with Gasteiger partial charge in [-0.3, -0.25) is 0 Å². The van der Waals surface area contributed by atoms with E-state index >= 15 is 0 Å². The zero-order valence-electron chi connectivity index (χ0n) is 10.6. The van der Waals surface area contributed by atoms with Gasteiger partial charge in [0.15, 0.2) is 0 Å². The molecule has 0 bridgehead atoms. The van der Waals surface area contributed by atoms with Crippen LogP contribution in [0.3, 0.4) is 0 Å². The fourth-order valence-corrected chi connectivity index (χ4v) is 2.40. The van der Waals surface area contributed by atoms with Crippen LogP contribution in [0, 0.1) is 11.7 Å². The van der Waals surface area contributed by atoms with Gasteiger partial charge in [-0.25, -0.2) is 14.2 Å². The monoisotopic (exact) mass is 252 g/mol. The highest BCUT2D eigenvalue weighted by molar-refractivity contribution is 5.93. The number of hydrogen-bond acceptors (Lipinski definition) is 3. The smallest absolute Gasteiger partial charge is 0.339 e. The van der Waals surface area contributed by atoms with Crippen molar-refractivity contribution in [3.05, 3.63) is 23.6 Å². The summed E-state index contributed by atoms with van der Waals surface area (Å²) in [4.78, 5) is 17.1. The molecule has 2 atom stereocenters. The highest BCUT2D eigenvalue weighted by Gasteiger charge is 2.27. The molecule has 0 radical (unpaired) electrons. The number of halogens is 1. The van der Waals surface area contributed by atoms with Gasteiger partial charge in [-0.05, 0) is 31.7 Å². The average Bonchev–Trinajstić information content (AvgIpc) is 2.32. The number of rotatable bonds is 2. The Balaban J connectivity index is 2.40. The Morgan fingerprint density at radius 1 is 1.50 bits per heavy atom. The molecule has 1 aliphatic heterocycles. The molecule has 1 N–H and O–H groups in total. The van der Waals surface area contributed by atoms with Crippen molar-refractivity contribution in [2.45, 2.75) is 32.7 Å².